The van der Waals surface area contributed by atoms with Gasteiger partial charge in [0.1, 0.15) is 24.7 Å². The summed E-state index contributed by atoms with van der Waals surface area (Å²) in [6, 6.07) is 9.86. The van der Waals surface area contributed by atoms with Crippen molar-refractivity contribution < 1.29 is 27.1 Å². The Hall–Kier alpha value is -1.97. The number of ether oxygens (including phenoxy) is 2. The topological polar surface area (TPSA) is 81.7 Å². The van der Waals surface area contributed by atoms with Crippen molar-refractivity contribution in [1.82, 2.24) is 4.72 Å². The molecule has 2 aromatic rings. The van der Waals surface area contributed by atoms with Crippen molar-refractivity contribution in [2.24, 2.45) is 0 Å². The molecule has 0 aliphatic rings. The Bertz CT molecular complexity index is 873. The largest absolute Gasteiger partial charge is 0.496 e. The number of esters is 1. The molecule has 0 atom stereocenters. The predicted octanol–water partition coefficient (Wildman–Crippen LogP) is 2.62. The van der Waals surface area contributed by atoms with Crippen molar-refractivity contribution in [3.05, 3.63) is 58.3 Å². The third-order valence-corrected chi connectivity index (χ3v) is 5.04. The van der Waals surface area contributed by atoms with Crippen LogP contribution in [-0.4, -0.2) is 28.0 Å². The van der Waals surface area contributed by atoms with Gasteiger partial charge in [0.25, 0.3) is 0 Å². The van der Waals surface area contributed by atoms with Crippen molar-refractivity contribution in [2.45, 2.75) is 11.5 Å². The van der Waals surface area contributed by atoms with Crippen LogP contribution >= 0.6 is 15.9 Å². The second-order valence-electron chi connectivity index (χ2n) is 4.90. The Balaban J connectivity index is 1.94. The molecular weight excluding hydrogens is 417 g/mol. The molecule has 1 N–H and O–H groups in total. The van der Waals surface area contributed by atoms with Gasteiger partial charge in [-0.05, 0) is 36.4 Å². The molecule has 2 aromatic carbocycles. The zero-order valence-electron chi connectivity index (χ0n) is 13.2. The third-order valence-electron chi connectivity index (χ3n) is 3.14. The van der Waals surface area contributed by atoms with Crippen molar-refractivity contribution >= 4 is 31.9 Å². The molecular formula is C16H15BrFNO5S. The molecule has 0 unspecified atom stereocenters. The van der Waals surface area contributed by atoms with Crippen molar-refractivity contribution in [1.29, 1.82) is 0 Å². The molecule has 2 rings (SSSR count). The summed E-state index contributed by atoms with van der Waals surface area (Å²) in [6.45, 7) is -0.787. The quantitative estimate of drug-likeness (QED) is 0.681. The smallest absolute Gasteiger partial charge is 0.321 e. The molecule has 134 valence electrons. The summed E-state index contributed by atoms with van der Waals surface area (Å²) in [7, 11) is -2.44. The van der Waals surface area contributed by atoms with E-state index < -0.39 is 28.4 Å². The Morgan fingerprint density at radius 2 is 2.00 bits per heavy atom. The van der Waals surface area contributed by atoms with Crippen LogP contribution in [0.1, 0.15) is 5.56 Å². The van der Waals surface area contributed by atoms with Crippen molar-refractivity contribution in [2.75, 3.05) is 13.7 Å². The number of rotatable bonds is 7. The van der Waals surface area contributed by atoms with Gasteiger partial charge in [-0.15, -0.1) is 0 Å². The minimum Gasteiger partial charge on any atom is -0.496 e. The molecule has 25 heavy (non-hydrogen) atoms. The maximum absolute atomic E-state index is 13.2. The van der Waals surface area contributed by atoms with Gasteiger partial charge in [0.05, 0.1) is 12.0 Å². The molecule has 0 aliphatic heterocycles. The SMILES string of the molecule is COc1ccc(F)cc1COC(=O)CNS(=O)(=O)c1cccc(Br)c1. The van der Waals surface area contributed by atoms with E-state index in [1.165, 1.54) is 37.4 Å². The normalized spacial score (nSPS) is 11.2. The monoisotopic (exact) mass is 431 g/mol. The molecule has 0 saturated carbocycles. The molecule has 0 aromatic heterocycles. The molecule has 0 bridgehead atoms. The molecule has 0 aliphatic carbocycles. The first-order valence-corrected chi connectivity index (χ1v) is 9.33. The van der Waals surface area contributed by atoms with Gasteiger partial charge in [0.15, 0.2) is 0 Å². The van der Waals surface area contributed by atoms with E-state index in [1.54, 1.807) is 12.1 Å². The van der Waals surface area contributed by atoms with Crippen LogP contribution in [-0.2, 0) is 26.2 Å². The van der Waals surface area contributed by atoms with E-state index in [9.17, 15) is 17.6 Å². The highest BCUT2D eigenvalue weighted by Crippen LogP contribution is 2.20. The summed E-state index contributed by atoms with van der Waals surface area (Å²) in [4.78, 5) is 11.8. The first kappa shape index (κ1) is 19.4. The van der Waals surface area contributed by atoms with Gasteiger partial charge in [-0.2, -0.15) is 4.72 Å². The molecule has 0 spiro atoms. The van der Waals surface area contributed by atoms with Crippen LogP contribution in [0.5, 0.6) is 5.75 Å². The Morgan fingerprint density at radius 1 is 1.24 bits per heavy atom. The highest BCUT2D eigenvalue weighted by atomic mass is 79.9. The fourth-order valence-electron chi connectivity index (χ4n) is 1.94. The van der Waals surface area contributed by atoms with Crippen molar-refractivity contribution in [3.63, 3.8) is 0 Å². The zero-order chi connectivity index (χ0) is 18.4. The van der Waals surface area contributed by atoms with E-state index >= 15 is 0 Å². The molecule has 0 heterocycles. The van der Waals surface area contributed by atoms with Crippen LogP contribution < -0.4 is 9.46 Å². The summed E-state index contributed by atoms with van der Waals surface area (Å²) in [5.74, 6) is -0.934. The van der Waals surface area contributed by atoms with Gasteiger partial charge in [-0.25, -0.2) is 12.8 Å². The minimum atomic E-state index is -3.85. The minimum absolute atomic E-state index is 0.0153. The van der Waals surface area contributed by atoms with E-state index in [0.29, 0.717) is 15.8 Å². The zero-order valence-corrected chi connectivity index (χ0v) is 15.6. The van der Waals surface area contributed by atoms with Gasteiger partial charge in [0.2, 0.25) is 10.0 Å². The number of nitrogens with one attached hydrogen (secondary N) is 1. The lowest BCUT2D eigenvalue weighted by atomic mass is 10.2. The summed E-state index contributed by atoms with van der Waals surface area (Å²) in [5, 5.41) is 0. The van der Waals surface area contributed by atoms with E-state index in [1.807, 2.05) is 0 Å². The van der Waals surface area contributed by atoms with E-state index in [2.05, 4.69) is 20.7 Å². The first-order valence-electron chi connectivity index (χ1n) is 7.05. The molecule has 0 saturated heterocycles. The lowest BCUT2D eigenvalue weighted by Crippen LogP contribution is -2.30. The Kier molecular flexibility index (Phi) is 6.51. The summed E-state index contributed by atoms with van der Waals surface area (Å²) < 4.78 is 50.2. The number of carbonyl (C=O) groups excluding carboxylic acids is 1. The van der Waals surface area contributed by atoms with Crippen LogP contribution in [0.2, 0.25) is 0 Å². The van der Waals surface area contributed by atoms with E-state index in [4.69, 9.17) is 9.47 Å². The number of methoxy groups -OCH3 is 1. The van der Waals surface area contributed by atoms with Crippen LogP contribution in [0.15, 0.2) is 51.8 Å². The average Bonchev–Trinajstić information content (AvgIpc) is 2.58. The van der Waals surface area contributed by atoms with E-state index in [-0.39, 0.29) is 11.5 Å². The van der Waals surface area contributed by atoms with Gasteiger partial charge < -0.3 is 9.47 Å². The standard InChI is InChI=1S/C16H15BrFNO5S/c1-23-15-6-5-13(18)7-11(15)10-24-16(20)9-19-25(21,22)14-4-2-3-12(17)8-14/h2-8,19H,9-10H2,1H3. The molecule has 0 amide bonds. The highest BCUT2D eigenvalue weighted by Gasteiger charge is 2.17. The fourth-order valence-corrected chi connectivity index (χ4v) is 3.51. The number of carbonyl (C=O) groups is 1. The third kappa shape index (κ3) is 5.52. The maximum Gasteiger partial charge on any atom is 0.321 e. The van der Waals surface area contributed by atoms with Crippen LogP contribution in [0.4, 0.5) is 4.39 Å². The average molecular weight is 432 g/mol. The van der Waals surface area contributed by atoms with Crippen LogP contribution in [0.3, 0.4) is 0 Å². The van der Waals surface area contributed by atoms with Crippen LogP contribution in [0, 0.1) is 5.82 Å². The van der Waals surface area contributed by atoms with Gasteiger partial charge in [0, 0.05) is 10.0 Å². The molecule has 9 heteroatoms. The van der Waals surface area contributed by atoms with Crippen molar-refractivity contribution in [3.8, 4) is 5.75 Å². The second kappa shape index (κ2) is 8.41. The van der Waals surface area contributed by atoms with Gasteiger partial charge in [-0.1, -0.05) is 22.0 Å². The maximum atomic E-state index is 13.2. The Labute approximate surface area is 153 Å². The number of benzene rings is 2. The summed E-state index contributed by atoms with van der Waals surface area (Å²) in [5.41, 5.74) is 0.339. The van der Waals surface area contributed by atoms with Gasteiger partial charge >= 0.3 is 5.97 Å². The predicted molar refractivity (Wildman–Crippen MR) is 92.1 cm³/mol. The van der Waals surface area contributed by atoms with Crippen LogP contribution in [0.25, 0.3) is 0 Å². The lowest BCUT2D eigenvalue weighted by molar-refractivity contribution is -0.143. The Morgan fingerprint density at radius 3 is 2.68 bits per heavy atom. The highest BCUT2D eigenvalue weighted by molar-refractivity contribution is 9.10. The van der Waals surface area contributed by atoms with Gasteiger partial charge in [-0.3, -0.25) is 4.79 Å². The number of hydrogen-bond donors (Lipinski definition) is 1. The number of halogens is 2. The summed E-state index contributed by atoms with van der Waals surface area (Å²) in [6.07, 6.45) is 0. The molecule has 0 fully saturated rings. The lowest BCUT2D eigenvalue weighted by Gasteiger charge is -2.10. The first-order chi connectivity index (χ1) is 11.8. The second-order valence-corrected chi connectivity index (χ2v) is 7.58. The fraction of sp³-hybridized carbons (Fsp3) is 0.188. The van der Waals surface area contributed by atoms with E-state index in [0.717, 1.165) is 0 Å². The number of sulfonamides is 1. The molecule has 6 nitrogen and oxygen atoms in total. The summed E-state index contributed by atoms with van der Waals surface area (Å²) >= 11 is 3.18. The molecule has 0 radical (unpaired) electrons. The number of hydrogen-bond acceptors (Lipinski definition) is 5.